The molecule has 1 nitrogen and oxygen atoms in total. The van der Waals surface area contributed by atoms with Crippen LogP contribution in [0.5, 0.6) is 0 Å². The van der Waals surface area contributed by atoms with E-state index in [-0.39, 0.29) is 0 Å². The molecule has 1 heteroatoms. The van der Waals surface area contributed by atoms with Crippen LogP contribution < -0.4 is 5.73 Å². The lowest BCUT2D eigenvalue weighted by Gasteiger charge is -1.86. The molecule has 1 aliphatic rings. The predicted molar refractivity (Wildman–Crippen MR) is 34.1 cm³/mol. The van der Waals surface area contributed by atoms with Gasteiger partial charge in [0.25, 0.3) is 0 Å². The molecule has 1 saturated carbocycles. The molecule has 0 aromatic heterocycles. The van der Waals surface area contributed by atoms with E-state index in [2.05, 4.69) is 5.92 Å². The SMILES string of the molecule is C#CC1CC1CCN. The molecular formula is C7H11N. The number of rotatable bonds is 2. The van der Waals surface area contributed by atoms with Crippen LogP contribution in [0.3, 0.4) is 0 Å². The van der Waals surface area contributed by atoms with E-state index in [0.717, 1.165) is 18.9 Å². The van der Waals surface area contributed by atoms with Crippen LogP contribution in [-0.2, 0) is 0 Å². The summed E-state index contributed by atoms with van der Waals surface area (Å²) < 4.78 is 0. The summed E-state index contributed by atoms with van der Waals surface area (Å²) >= 11 is 0. The van der Waals surface area contributed by atoms with Crippen molar-refractivity contribution in [2.75, 3.05) is 6.54 Å². The molecule has 1 rings (SSSR count). The van der Waals surface area contributed by atoms with Gasteiger partial charge in [-0.1, -0.05) is 0 Å². The van der Waals surface area contributed by atoms with Gasteiger partial charge in [0.05, 0.1) is 0 Å². The van der Waals surface area contributed by atoms with Crippen LogP contribution in [0.1, 0.15) is 12.8 Å². The van der Waals surface area contributed by atoms with E-state index in [1.807, 2.05) is 0 Å². The second kappa shape index (κ2) is 2.19. The highest BCUT2D eigenvalue weighted by Gasteiger charge is 2.33. The molecule has 0 saturated heterocycles. The van der Waals surface area contributed by atoms with Crippen LogP contribution in [0.4, 0.5) is 0 Å². The van der Waals surface area contributed by atoms with E-state index < -0.39 is 0 Å². The Morgan fingerprint density at radius 1 is 1.75 bits per heavy atom. The third-order valence-corrected chi connectivity index (χ3v) is 1.67. The molecule has 0 aromatic carbocycles. The Balaban J connectivity index is 2.10. The Bertz CT molecular complexity index is 112. The summed E-state index contributed by atoms with van der Waals surface area (Å²) in [6.45, 7) is 0.794. The standard InChI is InChI=1S/C7H11N/c1-2-6-5-7(6)3-4-8/h1,6-7H,3-5,8H2. The number of hydrogen-bond donors (Lipinski definition) is 1. The van der Waals surface area contributed by atoms with Crippen LogP contribution in [0.25, 0.3) is 0 Å². The Morgan fingerprint density at radius 3 is 2.88 bits per heavy atom. The molecule has 2 atom stereocenters. The Hall–Kier alpha value is -0.480. The van der Waals surface area contributed by atoms with Gasteiger partial charge >= 0.3 is 0 Å². The molecule has 1 aliphatic carbocycles. The average Bonchev–Trinajstić information content (AvgIpc) is 2.48. The highest BCUT2D eigenvalue weighted by molar-refractivity contribution is 5.06. The lowest BCUT2D eigenvalue weighted by molar-refractivity contribution is 0.713. The van der Waals surface area contributed by atoms with Gasteiger partial charge in [-0.25, -0.2) is 0 Å². The summed E-state index contributed by atoms with van der Waals surface area (Å²) in [4.78, 5) is 0. The van der Waals surface area contributed by atoms with Gasteiger partial charge in [-0.2, -0.15) is 0 Å². The van der Waals surface area contributed by atoms with Crippen molar-refractivity contribution in [1.82, 2.24) is 0 Å². The van der Waals surface area contributed by atoms with Gasteiger partial charge in [0.1, 0.15) is 0 Å². The lowest BCUT2D eigenvalue weighted by Crippen LogP contribution is -1.99. The van der Waals surface area contributed by atoms with Crippen molar-refractivity contribution in [2.24, 2.45) is 17.6 Å². The van der Waals surface area contributed by atoms with Crippen molar-refractivity contribution >= 4 is 0 Å². The van der Waals surface area contributed by atoms with Crippen molar-refractivity contribution in [3.8, 4) is 12.3 Å². The highest BCUT2D eigenvalue weighted by Crippen LogP contribution is 2.39. The largest absolute Gasteiger partial charge is 0.330 e. The fraction of sp³-hybridized carbons (Fsp3) is 0.714. The summed E-state index contributed by atoms with van der Waals surface area (Å²) in [5, 5.41) is 0. The normalized spacial score (nSPS) is 34.0. The second-order valence-electron chi connectivity index (χ2n) is 2.35. The molecule has 0 bridgehead atoms. The summed E-state index contributed by atoms with van der Waals surface area (Å²) in [7, 11) is 0. The maximum Gasteiger partial charge on any atom is 0.0232 e. The Morgan fingerprint density at radius 2 is 2.50 bits per heavy atom. The average molecular weight is 109 g/mol. The van der Waals surface area contributed by atoms with E-state index in [0.29, 0.717) is 5.92 Å². The first kappa shape index (κ1) is 5.65. The zero-order valence-electron chi connectivity index (χ0n) is 4.93. The van der Waals surface area contributed by atoms with Crippen molar-refractivity contribution in [2.45, 2.75) is 12.8 Å². The van der Waals surface area contributed by atoms with Gasteiger partial charge in [-0.05, 0) is 25.3 Å². The monoisotopic (exact) mass is 109 g/mol. The topological polar surface area (TPSA) is 26.0 Å². The lowest BCUT2D eigenvalue weighted by atomic mass is 10.2. The summed E-state index contributed by atoms with van der Waals surface area (Å²) in [6, 6.07) is 0. The molecule has 2 unspecified atom stereocenters. The maximum absolute atomic E-state index is 5.32. The number of hydrogen-bond acceptors (Lipinski definition) is 1. The number of nitrogens with two attached hydrogens (primary N) is 1. The van der Waals surface area contributed by atoms with Crippen LogP contribution in [-0.4, -0.2) is 6.54 Å². The van der Waals surface area contributed by atoms with Crippen LogP contribution in [0.15, 0.2) is 0 Å². The molecule has 0 aromatic rings. The molecule has 44 valence electrons. The summed E-state index contributed by atoms with van der Waals surface area (Å²) in [5.41, 5.74) is 5.32. The van der Waals surface area contributed by atoms with Crippen molar-refractivity contribution in [1.29, 1.82) is 0 Å². The van der Waals surface area contributed by atoms with Gasteiger partial charge in [0, 0.05) is 5.92 Å². The first-order chi connectivity index (χ1) is 3.88. The first-order valence-electron chi connectivity index (χ1n) is 3.04. The third-order valence-electron chi connectivity index (χ3n) is 1.67. The zero-order valence-corrected chi connectivity index (χ0v) is 4.93. The van der Waals surface area contributed by atoms with Crippen LogP contribution in [0.2, 0.25) is 0 Å². The quantitative estimate of drug-likeness (QED) is 0.516. The molecule has 0 spiro atoms. The van der Waals surface area contributed by atoms with Gasteiger partial charge in [0.15, 0.2) is 0 Å². The molecule has 0 heterocycles. The molecule has 0 aliphatic heterocycles. The smallest absolute Gasteiger partial charge is 0.0232 e. The third kappa shape index (κ3) is 1.02. The molecule has 0 amide bonds. The number of terminal acetylenes is 1. The summed E-state index contributed by atoms with van der Waals surface area (Å²) in [5.74, 6) is 4.05. The first-order valence-corrected chi connectivity index (χ1v) is 3.04. The van der Waals surface area contributed by atoms with Crippen molar-refractivity contribution < 1.29 is 0 Å². The molecule has 8 heavy (non-hydrogen) atoms. The van der Waals surface area contributed by atoms with Crippen LogP contribution in [0, 0.1) is 24.2 Å². The maximum atomic E-state index is 5.32. The van der Waals surface area contributed by atoms with E-state index in [1.165, 1.54) is 6.42 Å². The van der Waals surface area contributed by atoms with Crippen molar-refractivity contribution in [3.63, 3.8) is 0 Å². The highest BCUT2D eigenvalue weighted by atomic mass is 14.5. The zero-order chi connectivity index (χ0) is 5.98. The van der Waals surface area contributed by atoms with E-state index in [1.54, 1.807) is 0 Å². The van der Waals surface area contributed by atoms with Gasteiger partial charge in [-0.15, -0.1) is 12.3 Å². The molecule has 1 fully saturated rings. The van der Waals surface area contributed by atoms with E-state index >= 15 is 0 Å². The Kier molecular flexibility index (Phi) is 1.55. The minimum absolute atomic E-state index is 0.568. The fourth-order valence-corrected chi connectivity index (χ4v) is 0.985. The Labute approximate surface area is 50.3 Å². The minimum Gasteiger partial charge on any atom is -0.330 e. The summed E-state index contributed by atoms with van der Waals surface area (Å²) in [6.07, 6.45) is 7.50. The fourth-order valence-electron chi connectivity index (χ4n) is 0.985. The molecule has 0 radical (unpaired) electrons. The molecule has 2 N–H and O–H groups in total. The predicted octanol–water partition coefficient (Wildman–Crippen LogP) is 0.605. The van der Waals surface area contributed by atoms with E-state index in [4.69, 9.17) is 12.2 Å². The van der Waals surface area contributed by atoms with E-state index in [9.17, 15) is 0 Å². The van der Waals surface area contributed by atoms with Gasteiger partial charge < -0.3 is 5.73 Å². The van der Waals surface area contributed by atoms with Gasteiger partial charge in [-0.3, -0.25) is 0 Å². The second-order valence-corrected chi connectivity index (χ2v) is 2.35. The minimum atomic E-state index is 0.568. The van der Waals surface area contributed by atoms with Crippen LogP contribution >= 0.6 is 0 Å². The molecular weight excluding hydrogens is 98.1 g/mol. The van der Waals surface area contributed by atoms with Crippen molar-refractivity contribution in [3.05, 3.63) is 0 Å². The van der Waals surface area contributed by atoms with Gasteiger partial charge in [0.2, 0.25) is 0 Å².